The summed E-state index contributed by atoms with van der Waals surface area (Å²) in [5.74, 6) is -0.738. The van der Waals surface area contributed by atoms with Crippen LogP contribution in [0.15, 0.2) is 0 Å². The Hall–Kier alpha value is -1.06. The van der Waals surface area contributed by atoms with Gasteiger partial charge in [-0.15, -0.1) is 0 Å². The minimum absolute atomic E-state index is 0.251. The van der Waals surface area contributed by atoms with Crippen molar-refractivity contribution >= 4 is 11.9 Å². The van der Waals surface area contributed by atoms with Crippen molar-refractivity contribution in [2.45, 2.75) is 118 Å². The molecule has 0 spiro atoms. The molecule has 0 radical (unpaired) electrons. The number of hydrogen-bond donors (Lipinski definition) is 0. The largest absolute Gasteiger partial charge is 0.465 e. The zero-order valence-electron chi connectivity index (χ0n) is 19.3. The van der Waals surface area contributed by atoms with E-state index in [0.29, 0.717) is 13.2 Å². The standard InChI is InChI=1S/C24H46O4/c1-6-7-8-9-10-11-12-13-14-15-16-17-18-19-27-22(25)24(4,5)23(26)28-20-21(2)3/h21H,6-20H2,1-5H3. The Balaban J connectivity index is 3.57. The van der Waals surface area contributed by atoms with Crippen LogP contribution in [0.4, 0.5) is 0 Å². The van der Waals surface area contributed by atoms with Gasteiger partial charge in [-0.05, 0) is 26.2 Å². The lowest BCUT2D eigenvalue weighted by Crippen LogP contribution is -2.37. The highest BCUT2D eigenvalue weighted by Gasteiger charge is 2.39. The van der Waals surface area contributed by atoms with Crippen molar-refractivity contribution in [3.8, 4) is 0 Å². The average Bonchev–Trinajstić information content (AvgIpc) is 2.65. The van der Waals surface area contributed by atoms with Gasteiger partial charge in [0.2, 0.25) is 0 Å². The summed E-state index contributed by atoms with van der Waals surface area (Å²) in [4.78, 5) is 24.2. The molecule has 0 aromatic rings. The van der Waals surface area contributed by atoms with E-state index in [-0.39, 0.29) is 5.92 Å². The number of rotatable bonds is 18. The predicted octanol–water partition coefficient (Wildman–Crippen LogP) is 6.85. The molecule has 0 fully saturated rings. The maximum absolute atomic E-state index is 12.1. The lowest BCUT2D eigenvalue weighted by Gasteiger charge is -2.21. The monoisotopic (exact) mass is 398 g/mol. The van der Waals surface area contributed by atoms with Gasteiger partial charge < -0.3 is 9.47 Å². The Kier molecular flexibility index (Phi) is 16.2. The first-order valence-electron chi connectivity index (χ1n) is 11.7. The lowest BCUT2D eigenvalue weighted by atomic mass is 9.94. The average molecular weight is 399 g/mol. The molecule has 0 saturated carbocycles. The van der Waals surface area contributed by atoms with Crippen LogP contribution in [0.1, 0.15) is 118 Å². The van der Waals surface area contributed by atoms with Crippen LogP contribution in [0.25, 0.3) is 0 Å². The van der Waals surface area contributed by atoms with Gasteiger partial charge in [-0.2, -0.15) is 0 Å². The number of ether oxygens (including phenoxy) is 2. The molecule has 4 nitrogen and oxygen atoms in total. The molecule has 0 N–H and O–H groups in total. The minimum Gasteiger partial charge on any atom is -0.465 e. The van der Waals surface area contributed by atoms with E-state index in [4.69, 9.17) is 9.47 Å². The summed E-state index contributed by atoms with van der Waals surface area (Å²) >= 11 is 0. The van der Waals surface area contributed by atoms with Crippen molar-refractivity contribution in [2.24, 2.45) is 11.3 Å². The Morgan fingerprint density at radius 1 is 0.679 bits per heavy atom. The van der Waals surface area contributed by atoms with Crippen LogP contribution in [0.3, 0.4) is 0 Å². The molecule has 0 heterocycles. The molecule has 0 unspecified atom stereocenters. The summed E-state index contributed by atoms with van der Waals surface area (Å²) in [7, 11) is 0. The Morgan fingerprint density at radius 3 is 1.50 bits per heavy atom. The third-order valence-electron chi connectivity index (χ3n) is 5.05. The fourth-order valence-electron chi connectivity index (χ4n) is 2.97. The molecule has 0 aliphatic heterocycles. The first-order chi connectivity index (χ1) is 13.3. The maximum atomic E-state index is 12.1. The summed E-state index contributed by atoms with van der Waals surface area (Å²) in [6.07, 6.45) is 16.7. The summed E-state index contributed by atoms with van der Waals surface area (Å²) in [5.41, 5.74) is -1.23. The van der Waals surface area contributed by atoms with Gasteiger partial charge in [0.15, 0.2) is 5.41 Å². The quantitative estimate of drug-likeness (QED) is 0.144. The van der Waals surface area contributed by atoms with Gasteiger partial charge in [-0.1, -0.05) is 97.8 Å². The predicted molar refractivity (Wildman–Crippen MR) is 116 cm³/mol. The van der Waals surface area contributed by atoms with Gasteiger partial charge in [0, 0.05) is 0 Å². The molecule has 4 heteroatoms. The van der Waals surface area contributed by atoms with Gasteiger partial charge in [0.05, 0.1) is 13.2 Å². The number of hydrogen-bond acceptors (Lipinski definition) is 4. The molecular weight excluding hydrogens is 352 g/mol. The third-order valence-corrected chi connectivity index (χ3v) is 5.05. The van der Waals surface area contributed by atoms with E-state index in [1.165, 1.54) is 70.6 Å². The molecule has 0 bridgehead atoms. The molecule has 0 aromatic heterocycles. The van der Waals surface area contributed by atoms with E-state index in [0.717, 1.165) is 12.8 Å². The SMILES string of the molecule is CCCCCCCCCCCCCCCOC(=O)C(C)(C)C(=O)OCC(C)C. The van der Waals surface area contributed by atoms with Crippen LogP contribution in [-0.2, 0) is 19.1 Å². The van der Waals surface area contributed by atoms with Crippen LogP contribution in [-0.4, -0.2) is 25.2 Å². The zero-order valence-corrected chi connectivity index (χ0v) is 19.3. The molecule has 0 aliphatic rings. The van der Waals surface area contributed by atoms with E-state index in [1.807, 2.05) is 13.8 Å². The van der Waals surface area contributed by atoms with E-state index >= 15 is 0 Å². The highest BCUT2D eigenvalue weighted by atomic mass is 16.6. The molecular formula is C24H46O4. The Bertz CT molecular complexity index is 401. The molecule has 0 rings (SSSR count). The number of unbranched alkanes of at least 4 members (excludes halogenated alkanes) is 12. The second-order valence-electron chi connectivity index (χ2n) is 9.00. The van der Waals surface area contributed by atoms with Gasteiger partial charge in [0.1, 0.15) is 0 Å². The maximum Gasteiger partial charge on any atom is 0.322 e. The second-order valence-corrected chi connectivity index (χ2v) is 9.00. The van der Waals surface area contributed by atoms with Crippen LogP contribution >= 0.6 is 0 Å². The number of esters is 2. The van der Waals surface area contributed by atoms with Crippen LogP contribution in [0.5, 0.6) is 0 Å². The second kappa shape index (κ2) is 16.9. The van der Waals surface area contributed by atoms with Gasteiger partial charge >= 0.3 is 11.9 Å². The highest BCUT2D eigenvalue weighted by Crippen LogP contribution is 2.20. The lowest BCUT2D eigenvalue weighted by molar-refractivity contribution is -0.170. The van der Waals surface area contributed by atoms with Crippen molar-refractivity contribution in [1.29, 1.82) is 0 Å². The molecule has 0 aromatic carbocycles. The van der Waals surface area contributed by atoms with Crippen molar-refractivity contribution in [2.75, 3.05) is 13.2 Å². The van der Waals surface area contributed by atoms with Gasteiger partial charge in [-0.3, -0.25) is 9.59 Å². The summed E-state index contributed by atoms with van der Waals surface area (Å²) in [6, 6.07) is 0. The highest BCUT2D eigenvalue weighted by molar-refractivity contribution is 5.99. The molecule has 166 valence electrons. The van der Waals surface area contributed by atoms with Crippen molar-refractivity contribution < 1.29 is 19.1 Å². The van der Waals surface area contributed by atoms with Crippen LogP contribution < -0.4 is 0 Å². The van der Waals surface area contributed by atoms with Crippen molar-refractivity contribution in [1.82, 2.24) is 0 Å². The minimum atomic E-state index is -1.23. The van der Waals surface area contributed by atoms with E-state index in [1.54, 1.807) is 13.8 Å². The fourth-order valence-corrected chi connectivity index (χ4v) is 2.97. The fraction of sp³-hybridized carbons (Fsp3) is 0.917. The summed E-state index contributed by atoms with van der Waals surface area (Å²) in [6.45, 7) is 10.0. The summed E-state index contributed by atoms with van der Waals surface area (Å²) in [5, 5.41) is 0. The normalized spacial score (nSPS) is 11.6. The van der Waals surface area contributed by atoms with Gasteiger partial charge in [-0.25, -0.2) is 0 Å². The first kappa shape index (κ1) is 26.9. The molecule has 0 saturated heterocycles. The van der Waals surface area contributed by atoms with E-state index in [2.05, 4.69) is 6.92 Å². The molecule has 0 amide bonds. The zero-order chi connectivity index (χ0) is 21.3. The van der Waals surface area contributed by atoms with E-state index in [9.17, 15) is 9.59 Å². The smallest absolute Gasteiger partial charge is 0.322 e. The third kappa shape index (κ3) is 14.0. The van der Waals surface area contributed by atoms with Crippen molar-refractivity contribution in [3.63, 3.8) is 0 Å². The molecule has 0 atom stereocenters. The summed E-state index contributed by atoms with van der Waals surface area (Å²) < 4.78 is 10.5. The topological polar surface area (TPSA) is 52.6 Å². The van der Waals surface area contributed by atoms with Crippen LogP contribution in [0, 0.1) is 11.3 Å². The van der Waals surface area contributed by atoms with Crippen molar-refractivity contribution in [3.05, 3.63) is 0 Å². The molecule has 0 aliphatic carbocycles. The molecule has 28 heavy (non-hydrogen) atoms. The first-order valence-corrected chi connectivity index (χ1v) is 11.7. The Morgan fingerprint density at radius 2 is 1.07 bits per heavy atom. The Labute approximate surface area is 174 Å². The van der Waals surface area contributed by atoms with Crippen LogP contribution in [0.2, 0.25) is 0 Å². The number of carbonyl (C=O) groups excluding carboxylic acids is 2. The number of carbonyl (C=O) groups is 2. The van der Waals surface area contributed by atoms with E-state index < -0.39 is 17.4 Å². The van der Waals surface area contributed by atoms with Gasteiger partial charge in [0.25, 0.3) is 0 Å².